The van der Waals surface area contributed by atoms with Crippen molar-refractivity contribution in [3.63, 3.8) is 0 Å². The molecule has 2 aromatic rings. The predicted octanol–water partition coefficient (Wildman–Crippen LogP) is 4.99. The Kier molecular flexibility index (Phi) is 8.58. The molecule has 1 aromatic carbocycles. The van der Waals surface area contributed by atoms with Gasteiger partial charge in [-0.25, -0.2) is 4.79 Å². The average molecular weight is 391 g/mol. The number of ether oxygens (including phenoxy) is 1. The number of esters is 1. The molecule has 1 aromatic heterocycles. The maximum Gasteiger partial charge on any atom is 0.340 e. The van der Waals surface area contributed by atoms with Crippen LogP contribution in [0, 0.1) is 0 Å². The van der Waals surface area contributed by atoms with Gasteiger partial charge in [-0.15, -0.1) is 11.3 Å². The molecule has 2 rings (SSSR count). The second kappa shape index (κ2) is 10.9. The quantitative estimate of drug-likeness (QED) is 0.359. The van der Waals surface area contributed by atoms with Crippen molar-refractivity contribution in [2.24, 2.45) is 0 Å². The largest absolute Gasteiger partial charge is 0.465 e. The van der Waals surface area contributed by atoms with Gasteiger partial charge in [0, 0.05) is 17.8 Å². The van der Waals surface area contributed by atoms with Crippen LogP contribution >= 0.6 is 23.6 Å². The molecule has 0 radical (unpaired) electrons. The van der Waals surface area contributed by atoms with E-state index in [1.807, 2.05) is 24.3 Å². The molecule has 0 amide bonds. The van der Waals surface area contributed by atoms with Gasteiger partial charge in [0.15, 0.2) is 5.11 Å². The van der Waals surface area contributed by atoms with Crippen LogP contribution in [0.3, 0.4) is 0 Å². The standard InChI is InChI=1S/C20H26N2O2S2/c1-3-4-5-9-12-21-20(25)22-18-17(19(23)24-2)14-16(26-18)13-15-10-7-6-8-11-15/h6-8,10-11,14H,3-5,9,12-13H2,1-2H3,(H2,21,22,25). The zero-order chi connectivity index (χ0) is 18.8. The summed E-state index contributed by atoms with van der Waals surface area (Å²) in [6.07, 6.45) is 5.50. The molecule has 4 nitrogen and oxygen atoms in total. The Bertz CT molecular complexity index is 714. The van der Waals surface area contributed by atoms with Crippen LogP contribution in [0.25, 0.3) is 0 Å². The van der Waals surface area contributed by atoms with E-state index in [0.29, 0.717) is 10.7 Å². The molecule has 0 bridgehead atoms. The molecule has 0 atom stereocenters. The Morgan fingerprint density at radius 3 is 2.65 bits per heavy atom. The third-order valence-electron chi connectivity index (χ3n) is 3.95. The van der Waals surface area contributed by atoms with Crippen LogP contribution in [-0.4, -0.2) is 24.7 Å². The van der Waals surface area contributed by atoms with Crippen LogP contribution in [0.5, 0.6) is 0 Å². The summed E-state index contributed by atoms with van der Waals surface area (Å²) in [6, 6.07) is 12.1. The highest BCUT2D eigenvalue weighted by molar-refractivity contribution is 7.80. The van der Waals surface area contributed by atoms with Crippen molar-refractivity contribution in [2.75, 3.05) is 19.0 Å². The summed E-state index contributed by atoms with van der Waals surface area (Å²) in [4.78, 5) is 13.2. The molecule has 140 valence electrons. The Hall–Kier alpha value is -1.92. The smallest absolute Gasteiger partial charge is 0.340 e. The summed E-state index contributed by atoms with van der Waals surface area (Å²) in [7, 11) is 1.39. The molecule has 0 fully saturated rings. The van der Waals surface area contributed by atoms with E-state index in [-0.39, 0.29) is 5.97 Å². The first-order valence-corrected chi connectivity index (χ1v) is 10.2. The van der Waals surface area contributed by atoms with Crippen molar-refractivity contribution < 1.29 is 9.53 Å². The highest BCUT2D eigenvalue weighted by atomic mass is 32.1. The fourth-order valence-corrected chi connectivity index (χ4v) is 3.93. The van der Waals surface area contributed by atoms with Gasteiger partial charge < -0.3 is 15.4 Å². The normalized spacial score (nSPS) is 10.4. The van der Waals surface area contributed by atoms with Crippen LogP contribution < -0.4 is 10.6 Å². The lowest BCUT2D eigenvalue weighted by Crippen LogP contribution is -2.29. The van der Waals surface area contributed by atoms with Crippen LogP contribution in [-0.2, 0) is 11.2 Å². The molecule has 0 saturated heterocycles. The van der Waals surface area contributed by atoms with Gasteiger partial charge in [0.2, 0.25) is 0 Å². The maximum absolute atomic E-state index is 12.1. The van der Waals surface area contributed by atoms with Crippen LogP contribution in [0.4, 0.5) is 5.00 Å². The topological polar surface area (TPSA) is 50.4 Å². The van der Waals surface area contributed by atoms with E-state index in [1.165, 1.54) is 43.3 Å². The van der Waals surface area contributed by atoms with Gasteiger partial charge >= 0.3 is 5.97 Å². The zero-order valence-corrected chi connectivity index (χ0v) is 17.0. The average Bonchev–Trinajstić information content (AvgIpc) is 3.03. The fourth-order valence-electron chi connectivity index (χ4n) is 2.58. The molecular formula is C20H26N2O2S2. The molecule has 2 N–H and O–H groups in total. The number of unbranched alkanes of at least 4 members (excludes halogenated alkanes) is 3. The lowest BCUT2D eigenvalue weighted by atomic mass is 10.1. The van der Waals surface area contributed by atoms with Crippen LogP contribution in [0.1, 0.15) is 53.4 Å². The van der Waals surface area contributed by atoms with Crippen molar-refractivity contribution >= 4 is 39.6 Å². The van der Waals surface area contributed by atoms with E-state index < -0.39 is 0 Å². The van der Waals surface area contributed by atoms with Crippen molar-refractivity contribution in [1.82, 2.24) is 5.32 Å². The van der Waals surface area contributed by atoms with Gasteiger partial charge in [-0.05, 0) is 30.3 Å². The zero-order valence-electron chi connectivity index (χ0n) is 15.3. The monoisotopic (exact) mass is 390 g/mol. The first-order chi connectivity index (χ1) is 12.6. The van der Waals surface area contributed by atoms with Gasteiger partial charge in [-0.2, -0.15) is 0 Å². The number of nitrogens with one attached hydrogen (secondary N) is 2. The molecular weight excluding hydrogens is 364 g/mol. The van der Waals surface area contributed by atoms with E-state index in [9.17, 15) is 4.79 Å². The highest BCUT2D eigenvalue weighted by Crippen LogP contribution is 2.30. The number of carbonyl (C=O) groups is 1. The van der Waals surface area contributed by atoms with Gasteiger partial charge in [-0.1, -0.05) is 56.5 Å². The molecule has 26 heavy (non-hydrogen) atoms. The van der Waals surface area contributed by atoms with Gasteiger partial charge in [0.05, 0.1) is 12.7 Å². The van der Waals surface area contributed by atoms with Crippen LogP contribution in [0.2, 0.25) is 0 Å². The summed E-state index contributed by atoms with van der Waals surface area (Å²) in [6.45, 7) is 3.03. The van der Waals surface area contributed by atoms with Crippen molar-refractivity contribution in [3.8, 4) is 0 Å². The third-order valence-corrected chi connectivity index (χ3v) is 5.25. The molecule has 0 aliphatic carbocycles. The summed E-state index contributed by atoms with van der Waals surface area (Å²) in [5.74, 6) is -0.353. The van der Waals surface area contributed by atoms with Gasteiger partial charge in [0.1, 0.15) is 5.00 Å². The SMILES string of the molecule is CCCCCCNC(=S)Nc1sc(Cc2ccccc2)cc1C(=O)OC. The molecule has 1 heterocycles. The first-order valence-electron chi connectivity index (χ1n) is 8.93. The van der Waals surface area contributed by atoms with E-state index >= 15 is 0 Å². The minimum absolute atomic E-state index is 0.353. The van der Waals surface area contributed by atoms with Gasteiger partial charge in [-0.3, -0.25) is 0 Å². The maximum atomic E-state index is 12.1. The Labute approximate surface area is 165 Å². The Morgan fingerprint density at radius 2 is 1.96 bits per heavy atom. The summed E-state index contributed by atoms with van der Waals surface area (Å²) in [5.41, 5.74) is 1.73. The second-order valence-corrected chi connectivity index (χ2v) is 7.60. The molecule has 0 aliphatic rings. The van der Waals surface area contributed by atoms with Gasteiger partial charge in [0.25, 0.3) is 0 Å². The minimum Gasteiger partial charge on any atom is -0.465 e. The van der Waals surface area contributed by atoms with Crippen molar-refractivity contribution in [1.29, 1.82) is 0 Å². The number of carbonyl (C=O) groups excluding carboxylic acids is 1. The second-order valence-electron chi connectivity index (χ2n) is 6.05. The molecule has 0 spiro atoms. The van der Waals surface area contributed by atoms with Crippen LogP contribution in [0.15, 0.2) is 36.4 Å². The summed E-state index contributed by atoms with van der Waals surface area (Å²) in [5, 5.41) is 7.64. The van der Waals surface area contributed by atoms with Crippen molar-refractivity contribution in [2.45, 2.75) is 39.0 Å². The lowest BCUT2D eigenvalue weighted by molar-refractivity contribution is 0.0602. The lowest BCUT2D eigenvalue weighted by Gasteiger charge is -2.10. The first kappa shape index (κ1) is 20.4. The molecule has 0 saturated carbocycles. The Balaban J connectivity index is 2.01. The van der Waals surface area contributed by atoms with E-state index in [1.54, 1.807) is 0 Å². The highest BCUT2D eigenvalue weighted by Gasteiger charge is 2.17. The van der Waals surface area contributed by atoms with E-state index in [0.717, 1.165) is 29.3 Å². The summed E-state index contributed by atoms with van der Waals surface area (Å²) < 4.78 is 4.91. The fraction of sp³-hybridized carbons (Fsp3) is 0.400. The number of hydrogen-bond donors (Lipinski definition) is 2. The number of anilines is 1. The molecule has 0 aliphatic heterocycles. The number of benzene rings is 1. The number of methoxy groups -OCH3 is 1. The Morgan fingerprint density at radius 1 is 1.19 bits per heavy atom. The number of rotatable bonds is 9. The predicted molar refractivity (Wildman–Crippen MR) is 113 cm³/mol. The minimum atomic E-state index is -0.353. The van der Waals surface area contributed by atoms with E-state index in [2.05, 4.69) is 29.7 Å². The number of thiophene rings is 1. The number of thiocarbonyl (C=S) groups is 1. The molecule has 0 unspecified atom stereocenters. The van der Waals surface area contributed by atoms with E-state index in [4.69, 9.17) is 17.0 Å². The van der Waals surface area contributed by atoms with Crippen molar-refractivity contribution in [3.05, 3.63) is 52.4 Å². The summed E-state index contributed by atoms with van der Waals surface area (Å²) >= 11 is 6.90. The molecule has 6 heteroatoms. The number of hydrogen-bond acceptors (Lipinski definition) is 4. The third kappa shape index (κ3) is 6.42.